The van der Waals surface area contributed by atoms with Crippen LogP contribution < -0.4 is 5.32 Å². The molecule has 7 heteroatoms. The summed E-state index contributed by atoms with van der Waals surface area (Å²) in [7, 11) is 0. The summed E-state index contributed by atoms with van der Waals surface area (Å²) in [5.74, 6) is -0.576. The molecule has 0 unspecified atom stereocenters. The quantitative estimate of drug-likeness (QED) is 0.636. The molecule has 23 heavy (non-hydrogen) atoms. The highest BCUT2D eigenvalue weighted by atomic mass is 35.5. The molecule has 2 rings (SSSR count). The fraction of sp³-hybridized carbons (Fsp3) is 0.188. The van der Waals surface area contributed by atoms with Crippen LogP contribution in [0.3, 0.4) is 0 Å². The predicted molar refractivity (Wildman–Crippen MR) is 91.0 cm³/mol. The lowest BCUT2D eigenvalue weighted by atomic mass is 10.3. The Kier molecular flexibility index (Phi) is 6.43. The SMILES string of the molecule is CCOC(=O)c1cccnc1SCC(=O)Nc1ccccc1Cl. The lowest BCUT2D eigenvalue weighted by molar-refractivity contribution is -0.113. The number of hydrogen-bond donors (Lipinski definition) is 1. The van der Waals surface area contributed by atoms with Crippen molar-refractivity contribution in [1.82, 2.24) is 4.98 Å². The number of aromatic nitrogens is 1. The maximum Gasteiger partial charge on any atom is 0.340 e. The zero-order valence-corrected chi connectivity index (χ0v) is 14.0. The first kappa shape index (κ1) is 17.3. The molecule has 2 aromatic rings. The maximum atomic E-state index is 12.0. The Balaban J connectivity index is 1.99. The summed E-state index contributed by atoms with van der Waals surface area (Å²) in [6.45, 7) is 2.02. The summed E-state index contributed by atoms with van der Waals surface area (Å²) in [4.78, 5) is 28.0. The van der Waals surface area contributed by atoms with Gasteiger partial charge in [0.15, 0.2) is 0 Å². The highest BCUT2D eigenvalue weighted by Crippen LogP contribution is 2.23. The monoisotopic (exact) mass is 350 g/mol. The maximum absolute atomic E-state index is 12.0. The van der Waals surface area contributed by atoms with Gasteiger partial charge in [0, 0.05) is 6.20 Å². The molecule has 1 amide bonds. The first-order chi connectivity index (χ1) is 11.1. The van der Waals surface area contributed by atoms with Crippen LogP contribution in [-0.2, 0) is 9.53 Å². The Bertz CT molecular complexity index is 709. The first-order valence-corrected chi connectivity index (χ1v) is 8.27. The minimum absolute atomic E-state index is 0.106. The van der Waals surface area contributed by atoms with Gasteiger partial charge in [-0.15, -0.1) is 0 Å². The number of rotatable bonds is 6. The molecule has 0 aliphatic rings. The van der Waals surface area contributed by atoms with E-state index in [0.717, 1.165) is 0 Å². The number of amides is 1. The Morgan fingerprint density at radius 3 is 2.78 bits per heavy atom. The Hall–Kier alpha value is -2.05. The van der Waals surface area contributed by atoms with Crippen molar-refractivity contribution >= 4 is 40.9 Å². The lowest BCUT2D eigenvalue weighted by Gasteiger charge is -2.08. The molecule has 0 saturated carbocycles. The number of anilines is 1. The zero-order chi connectivity index (χ0) is 16.7. The molecule has 0 saturated heterocycles. The van der Waals surface area contributed by atoms with Gasteiger partial charge in [-0.2, -0.15) is 0 Å². The van der Waals surface area contributed by atoms with E-state index in [4.69, 9.17) is 16.3 Å². The molecule has 1 aromatic carbocycles. The second-order valence-electron chi connectivity index (χ2n) is 4.39. The van der Waals surface area contributed by atoms with Crippen molar-refractivity contribution in [2.24, 2.45) is 0 Å². The fourth-order valence-electron chi connectivity index (χ4n) is 1.75. The third-order valence-electron chi connectivity index (χ3n) is 2.75. The van der Waals surface area contributed by atoms with Crippen molar-refractivity contribution in [3.63, 3.8) is 0 Å². The molecule has 1 N–H and O–H groups in total. The molecule has 0 spiro atoms. The predicted octanol–water partition coefficient (Wildman–Crippen LogP) is 3.64. The molecule has 1 heterocycles. The standard InChI is InChI=1S/C16H15ClN2O3S/c1-2-22-16(21)11-6-5-9-18-15(11)23-10-14(20)19-13-8-4-3-7-12(13)17/h3-9H,2,10H2,1H3,(H,19,20). The molecule has 120 valence electrons. The van der Waals surface area contributed by atoms with Gasteiger partial charge in [0.1, 0.15) is 5.03 Å². The van der Waals surface area contributed by atoms with Crippen molar-refractivity contribution in [2.45, 2.75) is 11.9 Å². The highest BCUT2D eigenvalue weighted by molar-refractivity contribution is 8.00. The number of carbonyl (C=O) groups is 2. The molecule has 0 radical (unpaired) electrons. The molecule has 0 atom stereocenters. The van der Waals surface area contributed by atoms with E-state index >= 15 is 0 Å². The van der Waals surface area contributed by atoms with Crippen LogP contribution in [0.15, 0.2) is 47.6 Å². The normalized spacial score (nSPS) is 10.2. The minimum Gasteiger partial charge on any atom is -0.462 e. The second kappa shape index (κ2) is 8.55. The van der Waals surface area contributed by atoms with Crippen LogP contribution in [0.2, 0.25) is 5.02 Å². The summed E-state index contributed by atoms with van der Waals surface area (Å²) in [6.07, 6.45) is 1.57. The molecule has 0 bridgehead atoms. The van der Waals surface area contributed by atoms with Gasteiger partial charge in [0.25, 0.3) is 0 Å². The van der Waals surface area contributed by atoms with Gasteiger partial charge in [-0.25, -0.2) is 9.78 Å². The molecule has 0 fully saturated rings. The van der Waals surface area contributed by atoms with Crippen LogP contribution in [0, 0.1) is 0 Å². The largest absolute Gasteiger partial charge is 0.462 e. The van der Waals surface area contributed by atoms with E-state index < -0.39 is 5.97 Å². The summed E-state index contributed by atoms with van der Waals surface area (Å²) in [5.41, 5.74) is 0.899. The summed E-state index contributed by atoms with van der Waals surface area (Å²) < 4.78 is 4.98. The van der Waals surface area contributed by atoms with Crippen molar-refractivity contribution in [2.75, 3.05) is 17.7 Å². The van der Waals surface area contributed by atoms with Gasteiger partial charge in [0.05, 0.1) is 28.6 Å². The Labute approximate surface area is 143 Å². The fourth-order valence-corrected chi connectivity index (χ4v) is 2.72. The number of carbonyl (C=O) groups excluding carboxylic acids is 2. The average molecular weight is 351 g/mol. The van der Waals surface area contributed by atoms with Gasteiger partial charge in [-0.1, -0.05) is 35.5 Å². The van der Waals surface area contributed by atoms with Crippen molar-refractivity contribution in [3.05, 3.63) is 53.2 Å². The number of pyridine rings is 1. The first-order valence-electron chi connectivity index (χ1n) is 6.91. The van der Waals surface area contributed by atoms with Crippen LogP contribution in [-0.4, -0.2) is 29.2 Å². The number of thioether (sulfide) groups is 1. The summed E-state index contributed by atoms with van der Waals surface area (Å²) in [5, 5.41) is 3.65. The third kappa shape index (κ3) is 4.97. The Morgan fingerprint density at radius 2 is 2.04 bits per heavy atom. The third-order valence-corrected chi connectivity index (χ3v) is 4.09. The van der Waals surface area contributed by atoms with Gasteiger partial charge in [-0.05, 0) is 31.2 Å². The smallest absolute Gasteiger partial charge is 0.340 e. The van der Waals surface area contributed by atoms with E-state index in [1.165, 1.54) is 11.8 Å². The molecule has 1 aromatic heterocycles. The summed E-state index contributed by atoms with van der Waals surface area (Å²) in [6, 6.07) is 10.3. The zero-order valence-electron chi connectivity index (χ0n) is 12.4. The van der Waals surface area contributed by atoms with E-state index in [-0.39, 0.29) is 18.3 Å². The molecule has 5 nitrogen and oxygen atoms in total. The molecular formula is C16H15ClN2O3S. The Morgan fingerprint density at radius 1 is 1.26 bits per heavy atom. The topological polar surface area (TPSA) is 68.3 Å². The number of para-hydroxylation sites is 1. The van der Waals surface area contributed by atoms with Crippen LogP contribution in [0.25, 0.3) is 0 Å². The van der Waals surface area contributed by atoms with E-state index in [1.807, 2.05) is 0 Å². The van der Waals surface area contributed by atoms with Crippen molar-refractivity contribution < 1.29 is 14.3 Å². The van der Waals surface area contributed by atoms with Crippen LogP contribution in [0.1, 0.15) is 17.3 Å². The van der Waals surface area contributed by atoms with E-state index in [2.05, 4.69) is 10.3 Å². The molecule has 0 aliphatic carbocycles. The average Bonchev–Trinajstić information content (AvgIpc) is 2.55. The van der Waals surface area contributed by atoms with Gasteiger partial charge < -0.3 is 10.1 Å². The number of esters is 1. The van der Waals surface area contributed by atoms with E-state index in [1.54, 1.807) is 49.5 Å². The lowest BCUT2D eigenvalue weighted by Crippen LogP contribution is -2.15. The van der Waals surface area contributed by atoms with Gasteiger partial charge in [0.2, 0.25) is 5.91 Å². The minimum atomic E-state index is -0.449. The number of benzene rings is 1. The summed E-state index contributed by atoms with van der Waals surface area (Å²) >= 11 is 7.16. The number of ether oxygens (including phenoxy) is 1. The second-order valence-corrected chi connectivity index (χ2v) is 5.76. The number of nitrogens with one attached hydrogen (secondary N) is 1. The van der Waals surface area contributed by atoms with Gasteiger partial charge in [-0.3, -0.25) is 4.79 Å². The van der Waals surface area contributed by atoms with Crippen LogP contribution in [0.5, 0.6) is 0 Å². The van der Waals surface area contributed by atoms with E-state index in [9.17, 15) is 9.59 Å². The van der Waals surface area contributed by atoms with Gasteiger partial charge >= 0.3 is 5.97 Å². The highest BCUT2D eigenvalue weighted by Gasteiger charge is 2.15. The van der Waals surface area contributed by atoms with Crippen molar-refractivity contribution in [3.8, 4) is 0 Å². The number of halogens is 1. The molecule has 0 aliphatic heterocycles. The molecular weight excluding hydrogens is 336 g/mol. The number of nitrogens with zero attached hydrogens (tertiary/aromatic N) is 1. The van der Waals surface area contributed by atoms with E-state index in [0.29, 0.717) is 21.3 Å². The van der Waals surface area contributed by atoms with Crippen LogP contribution >= 0.6 is 23.4 Å². The van der Waals surface area contributed by atoms with Crippen LogP contribution in [0.4, 0.5) is 5.69 Å². The van der Waals surface area contributed by atoms with Crippen molar-refractivity contribution in [1.29, 1.82) is 0 Å². The number of hydrogen-bond acceptors (Lipinski definition) is 5.